The van der Waals surface area contributed by atoms with Gasteiger partial charge < -0.3 is 14.0 Å². The van der Waals surface area contributed by atoms with Crippen molar-refractivity contribution in [2.75, 3.05) is 0 Å². The standard InChI is InChI=1S/C28H31N4O.C22H32NSi.Ir/c1-16-13-22-24(17(2)29-16)32(28(6,7)8)25(31-22)18-9-12-23-21(14-18)20-11-10-19(15-27(3,4)5)30-26(20)33-23;1-16(2)13-18-14-20(23-15-21(18)24(6,7)8)17-9-11-19(12-10-17)22(3,4)5;/h10-14H,15H2,1-8H3;9,11-12,14-16H,13H2,1-8H3;/q2*-1;. The number of aromatic nitrogens is 5. The van der Waals surface area contributed by atoms with Gasteiger partial charge in [-0.3, -0.25) is 9.97 Å². The van der Waals surface area contributed by atoms with Gasteiger partial charge in [0.2, 0.25) is 5.71 Å². The molecule has 7 rings (SSSR count). The summed E-state index contributed by atoms with van der Waals surface area (Å²) in [4.78, 5) is 19.3. The van der Waals surface area contributed by atoms with Crippen LogP contribution in [0.1, 0.15) is 104 Å². The van der Waals surface area contributed by atoms with E-state index in [1.165, 1.54) is 16.3 Å². The van der Waals surface area contributed by atoms with E-state index >= 15 is 0 Å². The maximum atomic E-state index is 6.11. The van der Waals surface area contributed by atoms with Crippen molar-refractivity contribution in [3.05, 3.63) is 101 Å². The molecule has 1 radical (unpaired) electrons. The molecule has 0 atom stereocenters. The van der Waals surface area contributed by atoms with E-state index in [2.05, 4.69) is 174 Å². The zero-order valence-corrected chi connectivity index (χ0v) is 41.1. The Hall–Kier alpha value is -3.97. The fourth-order valence-electron chi connectivity index (χ4n) is 7.66. The molecule has 5 aromatic heterocycles. The van der Waals surface area contributed by atoms with Gasteiger partial charge >= 0.3 is 0 Å². The number of hydrogen-bond acceptors (Lipinski definition) is 5. The van der Waals surface area contributed by atoms with Gasteiger partial charge in [0, 0.05) is 48.6 Å². The molecule has 0 bridgehead atoms. The van der Waals surface area contributed by atoms with Crippen molar-refractivity contribution in [3.63, 3.8) is 0 Å². The molecular weight excluding hydrogens is 907 g/mol. The molecule has 0 aliphatic rings. The van der Waals surface area contributed by atoms with E-state index in [1.807, 2.05) is 13.0 Å². The Morgan fingerprint density at radius 2 is 1.48 bits per heavy atom. The Morgan fingerprint density at radius 1 is 0.793 bits per heavy atom. The van der Waals surface area contributed by atoms with Crippen molar-refractivity contribution in [2.45, 2.75) is 133 Å². The first-order chi connectivity index (χ1) is 26.4. The number of rotatable bonds is 6. The average Bonchev–Trinajstić information content (AvgIpc) is 3.65. The zero-order chi connectivity index (χ0) is 41.8. The van der Waals surface area contributed by atoms with E-state index in [0.717, 1.165) is 80.0 Å². The number of benzene rings is 2. The van der Waals surface area contributed by atoms with Crippen LogP contribution in [0.4, 0.5) is 0 Å². The Kier molecular flexibility index (Phi) is 12.9. The third-order valence-corrected chi connectivity index (χ3v) is 12.3. The number of hydrogen-bond donors (Lipinski definition) is 0. The van der Waals surface area contributed by atoms with Crippen LogP contribution < -0.4 is 5.19 Å². The first-order valence-corrected chi connectivity index (χ1v) is 24.0. The summed E-state index contributed by atoms with van der Waals surface area (Å²) < 4.78 is 8.39. The molecule has 0 fully saturated rings. The molecule has 0 saturated carbocycles. The van der Waals surface area contributed by atoms with Crippen molar-refractivity contribution < 1.29 is 24.5 Å². The SMILES string of the molecule is CC(C)Cc1cc(-c2[c-]cc(C(C)(C)C)cc2)ncc1[Si](C)(C)C.Cc1cc2nc(-c3[c-]cc4oc5nc(CC(C)(C)C)ccc5c4c3)n(C(C)(C)C)c2c(C)n1.[Ir]. The minimum absolute atomic E-state index is 0. The molecule has 309 valence electrons. The summed E-state index contributed by atoms with van der Waals surface area (Å²) in [7, 11) is -1.38. The molecule has 0 aliphatic heterocycles. The minimum atomic E-state index is -1.38. The van der Waals surface area contributed by atoms with Crippen LogP contribution in [0, 0.1) is 37.3 Å². The molecule has 0 saturated heterocycles. The first-order valence-electron chi connectivity index (χ1n) is 20.5. The van der Waals surface area contributed by atoms with Gasteiger partial charge in [-0.15, -0.1) is 59.2 Å². The van der Waals surface area contributed by atoms with Gasteiger partial charge in [0.25, 0.3) is 0 Å². The smallest absolute Gasteiger partial charge is 0.216 e. The van der Waals surface area contributed by atoms with Crippen molar-refractivity contribution >= 4 is 46.4 Å². The summed E-state index contributed by atoms with van der Waals surface area (Å²) in [6.07, 6.45) is 4.15. The van der Waals surface area contributed by atoms with Crippen LogP contribution in [0.25, 0.3) is 55.7 Å². The van der Waals surface area contributed by atoms with Gasteiger partial charge in [-0.25, -0.2) is 4.98 Å². The number of fused-ring (bicyclic) bond motifs is 4. The molecule has 0 amide bonds. The molecule has 8 heteroatoms. The summed E-state index contributed by atoms with van der Waals surface area (Å²) in [5.74, 6) is 1.55. The van der Waals surface area contributed by atoms with E-state index in [4.69, 9.17) is 24.4 Å². The molecule has 7 aromatic rings. The summed E-state index contributed by atoms with van der Waals surface area (Å²) >= 11 is 0. The van der Waals surface area contributed by atoms with Crippen LogP contribution in [-0.2, 0) is 43.9 Å². The number of imidazole rings is 1. The van der Waals surface area contributed by atoms with Crippen LogP contribution in [-0.4, -0.2) is 32.6 Å². The summed E-state index contributed by atoms with van der Waals surface area (Å²) in [6, 6.07) is 26.0. The fourth-order valence-corrected chi connectivity index (χ4v) is 9.24. The van der Waals surface area contributed by atoms with Gasteiger partial charge in [-0.1, -0.05) is 92.0 Å². The van der Waals surface area contributed by atoms with E-state index in [1.54, 1.807) is 0 Å². The monoisotopic (exact) mass is 970 g/mol. The van der Waals surface area contributed by atoms with Crippen molar-refractivity contribution in [1.82, 2.24) is 24.5 Å². The number of aryl methyl sites for hydroxylation is 2. The Balaban J connectivity index is 0.000000229. The van der Waals surface area contributed by atoms with Gasteiger partial charge in [-0.05, 0) is 93.3 Å². The predicted octanol–water partition coefficient (Wildman–Crippen LogP) is 12.7. The van der Waals surface area contributed by atoms with Gasteiger partial charge in [0.1, 0.15) is 0 Å². The van der Waals surface area contributed by atoms with E-state index < -0.39 is 8.07 Å². The largest absolute Gasteiger partial charge is 0.486 e. The van der Waals surface area contributed by atoms with Crippen molar-refractivity contribution in [3.8, 4) is 22.6 Å². The summed E-state index contributed by atoms with van der Waals surface area (Å²) in [5.41, 5.74) is 12.5. The number of pyridine rings is 3. The minimum Gasteiger partial charge on any atom is -0.486 e. The summed E-state index contributed by atoms with van der Waals surface area (Å²) in [6.45, 7) is 35.8. The first kappa shape index (κ1) is 45.1. The maximum Gasteiger partial charge on any atom is 0.216 e. The van der Waals surface area contributed by atoms with Gasteiger partial charge in [0.15, 0.2) is 0 Å². The number of nitrogens with zero attached hydrogens (tertiary/aromatic N) is 5. The predicted molar refractivity (Wildman–Crippen MR) is 243 cm³/mol. The fraction of sp³-hybridized carbons (Fsp3) is 0.440. The molecule has 0 N–H and O–H groups in total. The molecule has 0 spiro atoms. The molecule has 0 aliphatic carbocycles. The van der Waals surface area contributed by atoms with Crippen LogP contribution >= 0.6 is 0 Å². The molecular formula is C50H63IrN5OSi-2. The third kappa shape index (κ3) is 10.1. The maximum absolute atomic E-state index is 6.11. The van der Waals surface area contributed by atoms with Crippen molar-refractivity contribution in [2.24, 2.45) is 11.3 Å². The second kappa shape index (κ2) is 16.6. The molecule has 2 aromatic carbocycles. The Bertz CT molecular complexity index is 2550. The van der Waals surface area contributed by atoms with Crippen molar-refractivity contribution in [1.29, 1.82) is 0 Å². The second-order valence-electron chi connectivity index (χ2n) is 20.6. The third-order valence-electron chi connectivity index (χ3n) is 10.3. The summed E-state index contributed by atoms with van der Waals surface area (Å²) in [5, 5.41) is 3.54. The van der Waals surface area contributed by atoms with Gasteiger partial charge in [0.05, 0.1) is 36.2 Å². The molecule has 58 heavy (non-hydrogen) atoms. The Morgan fingerprint density at radius 3 is 2.07 bits per heavy atom. The normalized spacial score (nSPS) is 12.6. The van der Waals surface area contributed by atoms with E-state index in [9.17, 15) is 0 Å². The molecule has 0 unspecified atom stereocenters. The zero-order valence-electron chi connectivity index (χ0n) is 37.7. The van der Waals surface area contributed by atoms with E-state index in [0.29, 0.717) is 11.6 Å². The van der Waals surface area contributed by atoms with Crippen LogP contribution in [0.15, 0.2) is 65.2 Å². The van der Waals surface area contributed by atoms with Crippen LogP contribution in [0.3, 0.4) is 0 Å². The molecule has 6 nitrogen and oxygen atoms in total. The second-order valence-corrected chi connectivity index (χ2v) is 25.6. The van der Waals surface area contributed by atoms with E-state index in [-0.39, 0.29) is 36.5 Å². The number of furan rings is 1. The quantitative estimate of drug-likeness (QED) is 0.123. The Labute approximate surface area is 362 Å². The van der Waals surface area contributed by atoms with Crippen LogP contribution in [0.5, 0.6) is 0 Å². The van der Waals surface area contributed by atoms with Crippen LogP contribution in [0.2, 0.25) is 19.6 Å². The molecule has 5 heterocycles. The topological polar surface area (TPSA) is 69.6 Å². The average molecular weight is 970 g/mol. The van der Waals surface area contributed by atoms with Gasteiger partial charge in [-0.2, -0.15) is 0 Å².